The van der Waals surface area contributed by atoms with Gasteiger partial charge in [-0.15, -0.1) is 0 Å². The van der Waals surface area contributed by atoms with Crippen LogP contribution in [0.25, 0.3) is 10.9 Å². The van der Waals surface area contributed by atoms with Gasteiger partial charge in [-0.2, -0.15) is 0 Å². The Labute approximate surface area is 125 Å². The molecule has 6 nitrogen and oxygen atoms in total. The molecule has 7 heteroatoms. The van der Waals surface area contributed by atoms with E-state index in [1.165, 1.54) is 12.3 Å². The number of nitrogens with one attached hydrogen (secondary N) is 1. The van der Waals surface area contributed by atoms with Gasteiger partial charge in [-0.1, -0.05) is 17.7 Å². The second kappa shape index (κ2) is 5.06. The summed E-state index contributed by atoms with van der Waals surface area (Å²) in [5.74, 6) is 0.165. The number of hydrogen-bond donors (Lipinski definition) is 1. The number of anilines is 2. The summed E-state index contributed by atoms with van der Waals surface area (Å²) in [7, 11) is 1.94. The minimum absolute atomic E-state index is 0.158. The monoisotopic (exact) mass is 302 g/mol. The molecule has 1 N–H and O–H groups in total. The van der Waals surface area contributed by atoms with Gasteiger partial charge in [0, 0.05) is 36.7 Å². The highest BCUT2D eigenvalue weighted by Gasteiger charge is 2.16. The number of benzene rings is 1. The maximum atomic E-state index is 11.1. The van der Waals surface area contributed by atoms with Crippen LogP contribution in [0.2, 0.25) is 5.02 Å². The van der Waals surface area contributed by atoms with Gasteiger partial charge >= 0.3 is 5.69 Å². The van der Waals surface area contributed by atoms with Crippen molar-refractivity contribution < 1.29 is 4.92 Å². The molecule has 0 aliphatic carbocycles. The van der Waals surface area contributed by atoms with Gasteiger partial charge in [0.1, 0.15) is 0 Å². The van der Waals surface area contributed by atoms with Crippen LogP contribution in [-0.4, -0.2) is 14.5 Å². The zero-order chi connectivity index (χ0) is 15.0. The van der Waals surface area contributed by atoms with Crippen LogP contribution in [0.4, 0.5) is 17.2 Å². The molecule has 0 atom stereocenters. The molecular weight excluding hydrogens is 292 g/mol. The van der Waals surface area contributed by atoms with Crippen LogP contribution >= 0.6 is 11.6 Å². The molecule has 0 fully saturated rings. The first-order valence-electron chi connectivity index (χ1n) is 6.16. The maximum absolute atomic E-state index is 11.1. The van der Waals surface area contributed by atoms with Crippen LogP contribution in [-0.2, 0) is 7.05 Å². The number of fused-ring (bicyclic) bond motifs is 1. The van der Waals surface area contributed by atoms with Crippen molar-refractivity contribution in [3.8, 4) is 0 Å². The summed E-state index contributed by atoms with van der Waals surface area (Å²) in [6.07, 6.45) is 3.33. The molecule has 3 aromatic rings. The van der Waals surface area contributed by atoms with E-state index < -0.39 is 4.92 Å². The van der Waals surface area contributed by atoms with Crippen molar-refractivity contribution in [2.75, 3.05) is 5.32 Å². The highest BCUT2D eigenvalue weighted by molar-refractivity contribution is 6.30. The molecule has 0 bridgehead atoms. The lowest BCUT2D eigenvalue weighted by atomic mass is 10.2. The molecule has 1 aromatic carbocycles. The number of aromatic nitrogens is 2. The third-order valence-corrected chi connectivity index (χ3v) is 3.39. The first-order valence-corrected chi connectivity index (χ1v) is 6.54. The second-order valence-electron chi connectivity index (χ2n) is 4.60. The number of nitro groups is 1. The van der Waals surface area contributed by atoms with E-state index in [-0.39, 0.29) is 16.5 Å². The topological polar surface area (TPSA) is 73.0 Å². The van der Waals surface area contributed by atoms with E-state index in [9.17, 15) is 10.1 Å². The lowest BCUT2D eigenvalue weighted by molar-refractivity contribution is -0.384. The predicted octanol–water partition coefficient (Wildman–Crippen LogP) is 3.88. The first-order chi connectivity index (χ1) is 10.0. The number of hydrogen-bond acceptors (Lipinski definition) is 4. The smallest absolute Gasteiger partial charge is 0.313 e. The fraction of sp³-hybridized carbons (Fsp3) is 0.0714. The Hall–Kier alpha value is -2.60. The lowest BCUT2D eigenvalue weighted by Gasteiger charge is -2.07. The Kier molecular flexibility index (Phi) is 3.23. The number of aryl methyl sites for hydroxylation is 1. The Morgan fingerprint density at radius 3 is 2.90 bits per heavy atom. The number of nitrogens with zero attached hydrogens (tertiary/aromatic N) is 3. The minimum Gasteiger partial charge on any atom is -0.350 e. The summed E-state index contributed by atoms with van der Waals surface area (Å²) < 4.78 is 1.98. The molecule has 0 saturated heterocycles. The Morgan fingerprint density at radius 2 is 2.14 bits per heavy atom. The van der Waals surface area contributed by atoms with E-state index in [1.807, 2.05) is 42.1 Å². The standard InChI is InChI=1S/C14H11ClN4O2/c1-18-5-4-9-2-3-11(7-12(9)18)17-14-13(19(20)21)6-10(15)8-16-14/h2-8H,1H3,(H,16,17). The molecule has 2 heterocycles. The summed E-state index contributed by atoms with van der Waals surface area (Å²) in [6.45, 7) is 0. The molecule has 0 amide bonds. The van der Waals surface area contributed by atoms with Crippen molar-refractivity contribution >= 4 is 39.7 Å². The van der Waals surface area contributed by atoms with Crippen LogP contribution in [0, 0.1) is 10.1 Å². The third-order valence-electron chi connectivity index (χ3n) is 3.18. The molecule has 0 spiro atoms. The van der Waals surface area contributed by atoms with Crippen molar-refractivity contribution in [2.24, 2.45) is 7.05 Å². The van der Waals surface area contributed by atoms with E-state index in [0.29, 0.717) is 0 Å². The van der Waals surface area contributed by atoms with E-state index in [2.05, 4.69) is 10.3 Å². The zero-order valence-corrected chi connectivity index (χ0v) is 11.8. The number of pyridine rings is 1. The van der Waals surface area contributed by atoms with E-state index in [0.717, 1.165) is 16.6 Å². The largest absolute Gasteiger partial charge is 0.350 e. The molecule has 106 valence electrons. The van der Waals surface area contributed by atoms with Gasteiger partial charge in [0.15, 0.2) is 0 Å². The Bertz CT molecular complexity index is 844. The van der Waals surface area contributed by atoms with Gasteiger partial charge in [-0.05, 0) is 23.6 Å². The lowest BCUT2D eigenvalue weighted by Crippen LogP contribution is -1.99. The number of rotatable bonds is 3. The molecule has 0 aliphatic rings. The van der Waals surface area contributed by atoms with E-state index in [4.69, 9.17) is 11.6 Å². The van der Waals surface area contributed by atoms with Crippen molar-refractivity contribution in [3.63, 3.8) is 0 Å². The fourth-order valence-electron chi connectivity index (χ4n) is 2.14. The summed E-state index contributed by atoms with van der Waals surface area (Å²) >= 11 is 5.75. The highest BCUT2D eigenvalue weighted by atomic mass is 35.5. The highest BCUT2D eigenvalue weighted by Crippen LogP contribution is 2.29. The summed E-state index contributed by atoms with van der Waals surface area (Å²) in [4.78, 5) is 14.5. The molecule has 0 unspecified atom stereocenters. The van der Waals surface area contributed by atoms with Crippen molar-refractivity contribution in [1.82, 2.24) is 9.55 Å². The van der Waals surface area contributed by atoms with Crippen LogP contribution in [0.5, 0.6) is 0 Å². The van der Waals surface area contributed by atoms with Crippen LogP contribution in [0.3, 0.4) is 0 Å². The van der Waals surface area contributed by atoms with Crippen LogP contribution < -0.4 is 5.32 Å². The second-order valence-corrected chi connectivity index (χ2v) is 5.04. The summed E-state index contributed by atoms with van der Waals surface area (Å²) in [5.41, 5.74) is 1.59. The van der Waals surface area contributed by atoms with Crippen molar-refractivity contribution in [3.05, 3.63) is 57.9 Å². The average molecular weight is 303 g/mol. The van der Waals surface area contributed by atoms with Crippen molar-refractivity contribution in [1.29, 1.82) is 0 Å². The van der Waals surface area contributed by atoms with Crippen LogP contribution in [0.15, 0.2) is 42.7 Å². The van der Waals surface area contributed by atoms with Gasteiger partial charge < -0.3 is 9.88 Å². The van der Waals surface area contributed by atoms with E-state index in [1.54, 1.807) is 0 Å². The first kappa shape index (κ1) is 13.4. The van der Waals surface area contributed by atoms with Gasteiger partial charge in [-0.25, -0.2) is 4.98 Å². The van der Waals surface area contributed by atoms with Gasteiger partial charge in [-0.3, -0.25) is 10.1 Å². The summed E-state index contributed by atoms with van der Waals surface area (Å²) in [5, 5.41) is 15.3. The maximum Gasteiger partial charge on any atom is 0.313 e. The molecule has 21 heavy (non-hydrogen) atoms. The quantitative estimate of drug-likeness (QED) is 0.588. The van der Waals surface area contributed by atoms with Gasteiger partial charge in [0.2, 0.25) is 5.82 Å². The minimum atomic E-state index is -0.512. The number of halogens is 1. The summed E-state index contributed by atoms with van der Waals surface area (Å²) in [6, 6.07) is 8.98. The normalized spacial score (nSPS) is 10.8. The molecular formula is C14H11ClN4O2. The SMILES string of the molecule is Cn1ccc2ccc(Nc3ncc(Cl)cc3[N+](=O)[O-])cc21. The van der Waals surface area contributed by atoms with Crippen molar-refractivity contribution in [2.45, 2.75) is 0 Å². The fourth-order valence-corrected chi connectivity index (χ4v) is 2.29. The van der Waals surface area contributed by atoms with Gasteiger partial charge in [0.25, 0.3) is 0 Å². The molecule has 2 aromatic heterocycles. The Morgan fingerprint density at radius 1 is 1.33 bits per heavy atom. The van der Waals surface area contributed by atoms with E-state index >= 15 is 0 Å². The molecule has 0 aliphatic heterocycles. The average Bonchev–Trinajstić information content (AvgIpc) is 2.82. The van der Waals surface area contributed by atoms with Crippen LogP contribution in [0.1, 0.15) is 0 Å². The third kappa shape index (κ3) is 2.53. The zero-order valence-electron chi connectivity index (χ0n) is 11.1. The Balaban J connectivity index is 2.02. The van der Waals surface area contributed by atoms with Gasteiger partial charge in [0.05, 0.1) is 9.95 Å². The molecule has 0 radical (unpaired) electrons. The predicted molar refractivity (Wildman–Crippen MR) is 82.1 cm³/mol. The molecule has 3 rings (SSSR count). The molecule has 0 saturated carbocycles.